The van der Waals surface area contributed by atoms with Crippen molar-refractivity contribution in [2.24, 2.45) is 5.92 Å². The van der Waals surface area contributed by atoms with Gasteiger partial charge in [-0.05, 0) is 74.3 Å². The van der Waals surface area contributed by atoms with E-state index in [1.54, 1.807) is 5.56 Å². The van der Waals surface area contributed by atoms with E-state index in [0.29, 0.717) is 0 Å². The lowest BCUT2D eigenvalue weighted by atomic mass is 9.90. The average molecular weight is 204 g/mol. The maximum Gasteiger partial charge on any atom is -0.0271 e. The summed E-state index contributed by atoms with van der Waals surface area (Å²) >= 11 is 0. The molecule has 0 fully saturated rings. The standard InChI is InChI=1S/C15H24/c1-10(2)7-8-15-12(4)9-11(3)13(5)14(15)6/h9-10H,7-8H2,1-6H3. The van der Waals surface area contributed by atoms with Crippen LogP contribution in [-0.2, 0) is 6.42 Å². The smallest absolute Gasteiger partial charge is 0.0271 e. The summed E-state index contributed by atoms with van der Waals surface area (Å²) in [5.74, 6) is 0.797. The Morgan fingerprint density at radius 1 is 0.933 bits per heavy atom. The van der Waals surface area contributed by atoms with Crippen LogP contribution in [0.25, 0.3) is 0 Å². The van der Waals surface area contributed by atoms with Gasteiger partial charge in [0.25, 0.3) is 0 Å². The summed E-state index contributed by atoms with van der Waals surface area (Å²) in [6.45, 7) is 13.6. The number of benzene rings is 1. The maximum absolute atomic E-state index is 2.33. The van der Waals surface area contributed by atoms with Crippen LogP contribution in [0.4, 0.5) is 0 Å². The van der Waals surface area contributed by atoms with Gasteiger partial charge in [-0.3, -0.25) is 0 Å². The van der Waals surface area contributed by atoms with Crippen molar-refractivity contribution >= 4 is 0 Å². The Kier molecular flexibility index (Phi) is 3.96. The molecule has 1 aromatic rings. The molecule has 0 N–H and O–H groups in total. The van der Waals surface area contributed by atoms with Gasteiger partial charge < -0.3 is 0 Å². The summed E-state index contributed by atoms with van der Waals surface area (Å²) < 4.78 is 0. The summed E-state index contributed by atoms with van der Waals surface area (Å²) in [6.07, 6.45) is 2.53. The van der Waals surface area contributed by atoms with Gasteiger partial charge >= 0.3 is 0 Å². The van der Waals surface area contributed by atoms with E-state index in [4.69, 9.17) is 0 Å². The molecule has 0 saturated carbocycles. The molecule has 0 bridgehead atoms. The third-order valence-corrected chi connectivity index (χ3v) is 3.49. The van der Waals surface area contributed by atoms with Crippen LogP contribution in [0.15, 0.2) is 6.07 Å². The van der Waals surface area contributed by atoms with Gasteiger partial charge in [0.2, 0.25) is 0 Å². The molecule has 0 spiro atoms. The predicted octanol–water partition coefficient (Wildman–Crippen LogP) is 4.51. The summed E-state index contributed by atoms with van der Waals surface area (Å²) in [7, 11) is 0. The fourth-order valence-corrected chi connectivity index (χ4v) is 2.16. The molecule has 15 heavy (non-hydrogen) atoms. The molecular formula is C15H24. The minimum absolute atomic E-state index is 0.797. The van der Waals surface area contributed by atoms with Gasteiger partial charge in [0.1, 0.15) is 0 Å². The molecule has 0 heteroatoms. The Bertz CT molecular complexity index is 346. The van der Waals surface area contributed by atoms with Crippen LogP contribution in [0.2, 0.25) is 0 Å². The van der Waals surface area contributed by atoms with Crippen molar-refractivity contribution in [3.63, 3.8) is 0 Å². The second-order valence-electron chi connectivity index (χ2n) is 5.17. The monoisotopic (exact) mass is 204 g/mol. The van der Waals surface area contributed by atoms with Crippen LogP contribution in [0.1, 0.15) is 48.1 Å². The number of hydrogen-bond acceptors (Lipinski definition) is 0. The SMILES string of the molecule is Cc1cc(C)c(CCC(C)C)c(C)c1C. The minimum Gasteiger partial charge on any atom is -0.0628 e. The molecule has 0 heterocycles. The zero-order valence-electron chi connectivity index (χ0n) is 11.1. The topological polar surface area (TPSA) is 0 Å². The normalized spacial score (nSPS) is 11.1. The van der Waals surface area contributed by atoms with Gasteiger partial charge in [-0.15, -0.1) is 0 Å². The zero-order chi connectivity index (χ0) is 11.6. The molecule has 0 saturated heterocycles. The van der Waals surface area contributed by atoms with Gasteiger partial charge in [-0.1, -0.05) is 19.9 Å². The summed E-state index contributed by atoms with van der Waals surface area (Å²) in [5, 5.41) is 0. The van der Waals surface area contributed by atoms with Crippen molar-refractivity contribution in [3.05, 3.63) is 33.9 Å². The van der Waals surface area contributed by atoms with E-state index < -0.39 is 0 Å². The molecule has 84 valence electrons. The molecule has 0 aliphatic rings. The third-order valence-electron chi connectivity index (χ3n) is 3.49. The van der Waals surface area contributed by atoms with E-state index in [9.17, 15) is 0 Å². The average Bonchev–Trinajstić information content (AvgIpc) is 2.14. The molecule has 0 amide bonds. The van der Waals surface area contributed by atoms with E-state index in [0.717, 1.165) is 5.92 Å². The van der Waals surface area contributed by atoms with Crippen LogP contribution < -0.4 is 0 Å². The lowest BCUT2D eigenvalue weighted by molar-refractivity contribution is 0.584. The Morgan fingerprint density at radius 2 is 1.53 bits per heavy atom. The van der Waals surface area contributed by atoms with E-state index in [1.165, 1.54) is 35.1 Å². The summed E-state index contributed by atoms with van der Waals surface area (Å²) in [4.78, 5) is 0. The Labute approximate surface area is 94.7 Å². The zero-order valence-corrected chi connectivity index (χ0v) is 11.1. The highest BCUT2D eigenvalue weighted by Gasteiger charge is 2.08. The molecule has 0 aromatic heterocycles. The lowest BCUT2D eigenvalue weighted by Crippen LogP contribution is -2.01. The molecule has 0 nitrogen and oxygen atoms in total. The van der Waals surface area contributed by atoms with E-state index in [-0.39, 0.29) is 0 Å². The fraction of sp³-hybridized carbons (Fsp3) is 0.600. The summed E-state index contributed by atoms with van der Waals surface area (Å²) in [6, 6.07) is 2.33. The lowest BCUT2D eigenvalue weighted by Gasteiger charge is -2.15. The highest BCUT2D eigenvalue weighted by atomic mass is 14.1. The number of rotatable bonds is 3. The van der Waals surface area contributed by atoms with Gasteiger partial charge in [0, 0.05) is 0 Å². The molecule has 1 rings (SSSR count). The van der Waals surface area contributed by atoms with Crippen LogP contribution in [0, 0.1) is 33.6 Å². The van der Waals surface area contributed by atoms with Crippen molar-refractivity contribution < 1.29 is 0 Å². The first-order chi connectivity index (χ1) is 6.93. The van der Waals surface area contributed by atoms with Gasteiger partial charge in [-0.2, -0.15) is 0 Å². The van der Waals surface area contributed by atoms with Crippen LogP contribution in [-0.4, -0.2) is 0 Å². The van der Waals surface area contributed by atoms with Crippen molar-refractivity contribution in [2.75, 3.05) is 0 Å². The largest absolute Gasteiger partial charge is 0.0628 e. The minimum atomic E-state index is 0.797. The first-order valence-corrected chi connectivity index (χ1v) is 5.99. The fourth-order valence-electron chi connectivity index (χ4n) is 2.16. The first kappa shape index (κ1) is 12.3. The Balaban J connectivity index is 3.02. The van der Waals surface area contributed by atoms with E-state index in [2.05, 4.69) is 47.6 Å². The first-order valence-electron chi connectivity index (χ1n) is 5.99. The van der Waals surface area contributed by atoms with E-state index >= 15 is 0 Å². The number of hydrogen-bond donors (Lipinski definition) is 0. The van der Waals surface area contributed by atoms with Crippen molar-refractivity contribution in [2.45, 2.75) is 54.4 Å². The van der Waals surface area contributed by atoms with E-state index in [1.807, 2.05) is 0 Å². The molecule has 0 radical (unpaired) electrons. The number of aryl methyl sites for hydroxylation is 2. The molecule has 0 aliphatic heterocycles. The van der Waals surface area contributed by atoms with Crippen molar-refractivity contribution in [1.29, 1.82) is 0 Å². The molecule has 0 aliphatic carbocycles. The molecule has 0 atom stereocenters. The van der Waals surface area contributed by atoms with Crippen LogP contribution >= 0.6 is 0 Å². The highest BCUT2D eigenvalue weighted by molar-refractivity contribution is 5.43. The third kappa shape index (κ3) is 2.84. The predicted molar refractivity (Wildman–Crippen MR) is 68.5 cm³/mol. The second-order valence-corrected chi connectivity index (χ2v) is 5.17. The molecule has 1 aromatic carbocycles. The van der Waals surface area contributed by atoms with Crippen molar-refractivity contribution in [3.8, 4) is 0 Å². The van der Waals surface area contributed by atoms with Gasteiger partial charge in [-0.25, -0.2) is 0 Å². The van der Waals surface area contributed by atoms with Crippen molar-refractivity contribution in [1.82, 2.24) is 0 Å². The second kappa shape index (κ2) is 4.83. The Hall–Kier alpha value is -0.780. The highest BCUT2D eigenvalue weighted by Crippen LogP contribution is 2.23. The summed E-state index contributed by atoms with van der Waals surface area (Å²) in [5.41, 5.74) is 7.45. The van der Waals surface area contributed by atoms with Gasteiger partial charge in [0.15, 0.2) is 0 Å². The Morgan fingerprint density at radius 3 is 2.07 bits per heavy atom. The van der Waals surface area contributed by atoms with Crippen LogP contribution in [0.5, 0.6) is 0 Å². The molecular weight excluding hydrogens is 180 g/mol. The van der Waals surface area contributed by atoms with Gasteiger partial charge in [0.05, 0.1) is 0 Å². The maximum atomic E-state index is 2.33. The van der Waals surface area contributed by atoms with Crippen LogP contribution in [0.3, 0.4) is 0 Å². The quantitative estimate of drug-likeness (QED) is 0.679. The molecule has 0 unspecified atom stereocenters.